The van der Waals surface area contributed by atoms with Crippen molar-refractivity contribution in [3.63, 3.8) is 0 Å². The van der Waals surface area contributed by atoms with Gasteiger partial charge in [-0.15, -0.1) is 10.2 Å². The van der Waals surface area contributed by atoms with E-state index >= 15 is 0 Å². The van der Waals surface area contributed by atoms with E-state index in [1.807, 2.05) is 13.0 Å². The number of nitrogens with zero attached hydrogens (tertiary/aromatic N) is 2. The third-order valence-corrected chi connectivity index (χ3v) is 5.46. The average molecular weight is 365 g/mol. The molecule has 1 atom stereocenters. The largest absolute Gasteiger partial charge is 0.353 e. The van der Waals surface area contributed by atoms with Crippen LogP contribution in [0.1, 0.15) is 37.8 Å². The first-order chi connectivity index (χ1) is 11.5. The average Bonchev–Trinajstić information content (AvgIpc) is 2.96. The lowest BCUT2D eigenvalue weighted by molar-refractivity contribution is -0.119. The first kappa shape index (κ1) is 18.7. The van der Waals surface area contributed by atoms with Gasteiger partial charge in [-0.05, 0) is 38.8 Å². The molecule has 0 spiro atoms. The molecule has 0 aliphatic carbocycles. The molecule has 1 aromatic heterocycles. The molecule has 7 heteroatoms. The van der Waals surface area contributed by atoms with Crippen molar-refractivity contribution < 1.29 is 4.79 Å². The number of hydrogen-bond acceptors (Lipinski definition) is 6. The van der Waals surface area contributed by atoms with Gasteiger partial charge in [-0.2, -0.15) is 0 Å². The van der Waals surface area contributed by atoms with E-state index in [0.29, 0.717) is 5.75 Å². The van der Waals surface area contributed by atoms with Crippen LogP contribution in [0.4, 0.5) is 10.8 Å². The van der Waals surface area contributed by atoms with Crippen LogP contribution < -0.4 is 10.6 Å². The van der Waals surface area contributed by atoms with E-state index in [4.69, 9.17) is 0 Å². The van der Waals surface area contributed by atoms with E-state index in [-0.39, 0.29) is 11.9 Å². The third kappa shape index (κ3) is 5.79. The first-order valence-electron chi connectivity index (χ1n) is 8.08. The highest BCUT2D eigenvalue weighted by Gasteiger charge is 2.11. The summed E-state index contributed by atoms with van der Waals surface area (Å²) in [6.07, 6.45) is 2.07. The molecule has 5 nitrogen and oxygen atoms in total. The molecule has 0 aliphatic rings. The van der Waals surface area contributed by atoms with Gasteiger partial charge >= 0.3 is 0 Å². The molecule has 2 N–H and O–H groups in total. The van der Waals surface area contributed by atoms with Gasteiger partial charge in [0.2, 0.25) is 11.0 Å². The molecule has 1 amide bonds. The Balaban J connectivity index is 1.85. The molecule has 0 saturated heterocycles. The van der Waals surface area contributed by atoms with E-state index < -0.39 is 0 Å². The van der Waals surface area contributed by atoms with Crippen molar-refractivity contribution >= 4 is 39.8 Å². The highest BCUT2D eigenvalue weighted by atomic mass is 32.2. The van der Waals surface area contributed by atoms with E-state index in [0.717, 1.165) is 28.0 Å². The van der Waals surface area contributed by atoms with Gasteiger partial charge in [-0.3, -0.25) is 4.79 Å². The number of carbonyl (C=O) groups excluding carboxylic acids is 1. The van der Waals surface area contributed by atoms with Crippen molar-refractivity contribution in [1.82, 2.24) is 15.5 Å². The topological polar surface area (TPSA) is 66.9 Å². The Morgan fingerprint density at radius 2 is 2.12 bits per heavy atom. The van der Waals surface area contributed by atoms with Gasteiger partial charge in [-0.25, -0.2) is 0 Å². The maximum Gasteiger partial charge on any atom is 0.230 e. The van der Waals surface area contributed by atoms with Crippen LogP contribution in [0, 0.1) is 13.8 Å². The van der Waals surface area contributed by atoms with Crippen LogP contribution in [0.5, 0.6) is 0 Å². The highest BCUT2D eigenvalue weighted by Crippen LogP contribution is 2.28. The van der Waals surface area contributed by atoms with Crippen LogP contribution in [0.15, 0.2) is 22.5 Å². The molecule has 2 aromatic rings. The van der Waals surface area contributed by atoms with Crippen LogP contribution in [-0.4, -0.2) is 27.9 Å². The first-order valence-corrected chi connectivity index (χ1v) is 9.88. The fourth-order valence-electron chi connectivity index (χ4n) is 2.34. The minimum atomic E-state index is 0.0417. The van der Waals surface area contributed by atoms with E-state index in [2.05, 4.69) is 53.7 Å². The molecule has 2 rings (SSSR count). The number of thioether (sulfide) groups is 1. The smallest absolute Gasteiger partial charge is 0.230 e. The summed E-state index contributed by atoms with van der Waals surface area (Å²) in [6.45, 7) is 8.28. The summed E-state index contributed by atoms with van der Waals surface area (Å²) in [4.78, 5) is 11.9. The summed E-state index contributed by atoms with van der Waals surface area (Å²) in [7, 11) is 0. The second-order valence-electron chi connectivity index (χ2n) is 5.86. The zero-order chi connectivity index (χ0) is 17.5. The summed E-state index contributed by atoms with van der Waals surface area (Å²) < 4.78 is 0.792. The third-order valence-electron chi connectivity index (χ3n) is 3.49. The number of rotatable bonds is 8. The Labute approximate surface area is 151 Å². The fourth-order valence-corrected chi connectivity index (χ4v) is 3.91. The lowest BCUT2D eigenvalue weighted by Crippen LogP contribution is -2.33. The van der Waals surface area contributed by atoms with Gasteiger partial charge < -0.3 is 10.6 Å². The number of carbonyl (C=O) groups is 1. The van der Waals surface area contributed by atoms with Crippen LogP contribution in [0.25, 0.3) is 0 Å². The van der Waals surface area contributed by atoms with Crippen LogP contribution in [-0.2, 0) is 4.79 Å². The zero-order valence-electron chi connectivity index (χ0n) is 14.5. The molecule has 1 heterocycles. The summed E-state index contributed by atoms with van der Waals surface area (Å²) in [5.74, 6) is 0.409. The monoisotopic (exact) mass is 364 g/mol. The lowest BCUT2D eigenvalue weighted by atomic mass is 10.1. The minimum Gasteiger partial charge on any atom is -0.353 e. The van der Waals surface area contributed by atoms with Crippen LogP contribution >= 0.6 is 23.1 Å². The summed E-state index contributed by atoms with van der Waals surface area (Å²) >= 11 is 2.88. The number of hydrogen-bond donors (Lipinski definition) is 2. The molecular weight excluding hydrogens is 340 g/mol. The van der Waals surface area contributed by atoms with Gasteiger partial charge in [0.1, 0.15) is 0 Å². The molecule has 0 unspecified atom stereocenters. The van der Waals surface area contributed by atoms with Crippen molar-refractivity contribution in [2.45, 2.75) is 50.9 Å². The van der Waals surface area contributed by atoms with Gasteiger partial charge in [-0.1, -0.05) is 54.1 Å². The molecule has 0 fully saturated rings. The zero-order valence-corrected chi connectivity index (χ0v) is 16.2. The lowest BCUT2D eigenvalue weighted by Gasteiger charge is -2.11. The summed E-state index contributed by atoms with van der Waals surface area (Å²) in [5.41, 5.74) is 3.43. The van der Waals surface area contributed by atoms with Crippen molar-refractivity contribution in [3.8, 4) is 0 Å². The number of benzene rings is 1. The highest BCUT2D eigenvalue weighted by molar-refractivity contribution is 8.01. The normalized spacial score (nSPS) is 12.0. The number of anilines is 2. The van der Waals surface area contributed by atoms with Crippen molar-refractivity contribution in [2.24, 2.45) is 0 Å². The number of aromatic nitrogens is 2. The molecule has 0 saturated carbocycles. The van der Waals surface area contributed by atoms with E-state index in [1.54, 1.807) is 0 Å². The standard InChI is InChI=1S/C17H24N4OS2/c1-5-6-13(4)18-15(22)10-23-17-21-20-16(24-17)19-14-8-7-11(2)9-12(14)3/h7-9,13H,5-6,10H2,1-4H3,(H,18,22)(H,19,20)/t13-/m0/s1. The Morgan fingerprint density at radius 3 is 2.83 bits per heavy atom. The molecule has 1 aromatic carbocycles. The number of aryl methyl sites for hydroxylation is 2. The molecule has 130 valence electrons. The Hall–Kier alpha value is -1.60. The summed E-state index contributed by atoms with van der Waals surface area (Å²) in [5, 5.41) is 15.3. The van der Waals surface area contributed by atoms with E-state index in [1.165, 1.54) is 34.2 Å². The fraction of sp³-hybridized carbons (Fsp3) is 0.471. The molecule has 0 radical (unpaired) electrons. The van der Waals surface area contributed by atoms with Gasteiger partial charge in [0.05, 0.1) is 5.75 Å². The minimum absolute atomic E-state index is 0.0417. The van der Waals surface area contributed by atoms with Gasteiger partial charge in [0.15, 0.2) is 4.34 Å². The second kappa shape index (κ2) is 9.03. The maximum absolute atomic E-state index is 11.9. The predicted octanol–water partition coefficient (Wildman–Crippen LogP) is 4.30. The Kier molecular flexibility index (Phi) is 7.05. The van der Waals surface area contributed by atoms with Crippen LogP contribution in [0.2, 0.25) is 0 Å². The van der Waals surface area contributed by atoms with Crippen molar-refractivity contribution in [2.75, 3.05) is 11.1 Å². The Morgan fingerprint density at radius 1 is 1.33 bits per heavy atom. The number of amides is 1. The van der Waals surface area contributed by atoms with Crippen LogP contribution in [0.3, 0.4) is 0 Å². The molecular formula is C17H24N4OS2. The summed E-state index contributed by atoms with van der Waals surface area (Å²) in [6, 6.07) is 6.45. The molecule has 0 aliphatic heterocycles. The predicted molar refractivity (Wildman–Crippen MR) is 102 cm³/mol. The maximum atomic E-state index is 11.9. The van der Waals surface area contributed by atoms with Crippen molar-refractivity contribution in [3.05, 3.63) is 29.3 Å². The second-order valence-corrected chi connectivity index (χ2v) is 8.06. The SMILES string of the molecule is CCC[C@H](C)NC(=O)CSc1nnc(Nc2ccc(C)cc2C)s1. The van der Waals surface area contributed by atoms with Gasteiger partial charge in [0.25, 0.3) is 0 Å². The quantitative estimate of drug-likeness (QED) is 0.684. The molecule has 24 heavy (non-hydrogen) atoms. The van der Waals surface area contributed by atoms with Gasteiger partial charge in [0, 0.05) is 11.7 Å². The number of nitrogens with one attached hydrogen (secondary N) is 2. The molecule has 0 bridgehead atoms. The van der Waals surface area contributed by atoms with E-state index in [9.17, 15) is 4.79 Å². The Bertz CT molecular complexity index is 687. The van der Waals surface area contributed by atoms with Crippen molar-refractivity contribution in [1.29, 1.82) is 0 Å².